The van der Waals surface area contributed by atoms with E-state index in [0.717, 1.165) is 27.7 Å². The van der Waals surface area contributed by atoms with E-state index in [9.17, 15) is 9.59 Å². The number of anilines is 1. The van der Waals surface area contributed by atoms with E-state index in [2.05, 4.69) is 15.3 Å². The quantitative estimate of drug-likeness (QED) is 0.316. The minimum atomic E-state index is -0.243. The number of hydrogen-bond donors (Lipinski definition) is 1. The molecule has 1 aliphatic heterocycles. The van der Waals surface area contributed by atoms with Crippen molar-refractivity contribution in [3.63, 3.8) is 0 Å². The lowest BCUT2D eigenvalue weighted by Crippen LogP contribution is -2.08. The van der Waals surface area contributed by atoms with Crippen LogP contribution in [0.5, 0.6) is 0 Å². The van der Waals surface area contributed by atoms with Crippen molar-refractivity contribution >= 4 is 51.2 Å². The molecule has 1 atom stereocenters. The summed E-state index contributed by atoms with van der Waals surface area (Å²) in [5, 5.41) is 4.39. The maximum Gasteiger partial charge on any atom is 0.231 e. The van der Waals surface area contributed by atoms with Gasteiger partial charge >= 0.3 is 0 Å². The number of furan rings is 1. The summed E-state index contributed by atoms with van der Waals surface area (Å²) >= 11 is 1.33. The molecule has 2 aromatic carbocycles. The number of fused-ring (bicyclic) bond motifs is 4. The van der Waals surface area contributed by atoms with Crippen molar-refractivity contribution in [2.75, 3.05) is 11.1 Å². The highest BCUT2D eigenvalue weighted by Crippen LogP contribution is 2.34. The van der Waals surface area contributed by atoms with E-state index < -0.39 is 0 Å². The molecule has 0 fully saturated rings. The SMILES string of the molecule is C[C@@H]1C(=O)Nc2ccc(C(=O)CSc3ncnc4c3oc3ccccc34)cc21. The molecule has 138 valence electrons. The topological polar surface area (TPSA) is 85.1 Å². The number of aromatic nitrogens is 2. The predicted molar refractivity (Wildman–Crippen MR) is 108 cm³/mol. The molecule has 4 aromatic rings. The van der Waals surface area contributed by atoms with E-state index in [1.165, 1.54) is 18.1 Å². The third-order valence-electron chi connectivity index (χ3n) is 4.96. The fraction of sp³-hybridized carbons (Fsp3) is 0.143. The van der Waals surface area contributed by atoms with Gasteiger partial charge in [0, 0.05) is 16.6 Å². The van der Waals surface area contributed by atoms with E-state index in [-0.39, 0.29) is 23.4 Å². The Morgan fingerprint density at radius 1 is 1.21 bits per heavy atom. The van der Waals surface area contributed by atoms with Gasteiger partial charge in [0.15, 0.2) is 11.4 Å². The Morgan fingerprint density at radius 2 is 2.07 bits per heavy atom. The predicted octanol–water partition coefficient (Wildman–Crippen LogP) is 4.41. The van der Waals surface area contributed by atoms with Crippen molar-refractivity contribution in [2.24, 2.45) is 0 Å². The number of ketones is 1. The van der Waals surface area contributed by atoms with Gasteiger partial charge in [0.25, 0.3) is 0 Å². The van der Waals surface area contributed by atoms with Crippen LogP contribution in [-0.4, -0.2) is 27.4 Å². The molecule has 0 radical (unpaired) electrons. The van der Waals surface area contributed by atoms with Gasteiger partial charge in [-0.15, -0.1) is 0 Å². The fourth-order valence-corrected chi connectivity index (χ4v) is 4.24. The van der Waals surface area contributed by atoms with E-state index in [1.54, 1.807) is 18.2 Å². The van der Waals surface area contributed by atoms with Crippen molar-refractivity contribution in [3.05, 3.63) is 59.9 Å². The maximum atomic E-state index is 12.7. The molecule has 28 heavy (non-hydrogen) atoms. The van der Waals surface area contributed by atoms with E-state index in [1.807, 2.05) is 31.2 Å². The van der Waals surface area contributed by atoms with Crippen LogP contribution in [0.3, 0.4) is 0 Å². The van der Waals surface area contributed by atoms with Crippen molar-refractivity contribution in [1.82, 2.24) is 9.97 Å². The number of amides is 1. The Kier molecular flexibility index (Phi) is 3.91. The van der Waals surface area contributed by atoms with Gasteiger partial charge in [0.05, 0.1) is 11.7 Å². The van der Waals surface area contributed by atoms with Gasteiger partial charge in [-0.05, 0) is 42.8 Å². The van der Waals surface area contributed by atoms with Crippen LogP contribution in [0.15, 0.2) is 58.2 Å². The number of nitrogens with one attached hydrogen (secondary N) is 1. The lowest BCUT2D eigenvalue weighted by molar-refractivity contribution is -0.116. The number of Topliss-reactive ketones (excluding diaryl/α,β-unsaturated/α-hetero) is 1. The lowest BCUT2D eigenvalue weighted by Gasteiger charge is -2.05. The average molecular weight is 389 g/mol. The summed E-state index contributed by atoms with van der Waals surface area (Å²) in [6, 6.07) is 13.0. The van der Waals surface area contributed by atoms with Gasteiger partial charge in [-0.1, -0.05) is 23.9 Å². The molecule has 2 aromatic heterocycles. The van der Waals surface area contributed by atoms with Gasteiger partial charge in [-0.3, -0.25) is 9.59 Å². The molecule has 3 heterocycles. The minimum Gasteiger partial charge on any atom is -0.451 e. The second kappa shape index (κ2) is 6.45. The number of nitrogens with zero attached hydrogens (tertiary/aromatic N) is 2. The number of para-hydroxylation sites is 1. The number of benzene rings is 2. The van der Waals surface area contributed by atoms with Crippen LogP contribution < -0.4 is 5.32 Å². The Bertz CT molecular complexity index is 1260. The minimum absolute atomic E-state index is 0.0257. The monoisotopic (exact) mass is 389 g/mol. The molecular formula is C21H15N3O3S. The molecule has 0 saturated heterocycles. The van der Waals surface area contributed by atoms with Gasteiger partial charge in [0.2, 0.25) is 5.91 Å². The summed E-state index contributed by atoms with van der Waals surface area (Å²) in [5.41, 5.74) is 4.32. The molecule has 7 heteroatoms. The zero-order chi connectivity index (χ0) is 19.3. The zero-order valence-corrected chi connectivity index (χ0v) is 15.7. The molecule has 5 rings (SSSR count). The maximum absolute atomic E-state index is 12.7. The summed E-state index contributed by atoms with van der Waals surface area (Å²) in [6.07, 6.45) is 1.49. The molecule has 0 bridgehead atoms. The van der Waals surface area contributed by atoms with Gasteiger partial charge in [-0.2, -0.15) is 0 Å². The van der Waals surface area contributed by atoms with E-state index >= 15 is 0 Å². The average Bonchev–Trinajstić information content (AvgIpc) is 3.23. The third-order valence-corrected chi connectivity index (χ3v) is 5.93. The van der Waals surface area contributed by atoms with Crippen LogP contribution in [0.2, 0.25) is 0 Å². The highest BCUT2D eigenvalue weighted by atomic mass is 32.2. The Morgan fingerprint density at radius 3 is 2.96 bits per heavy atom. The summed E-state index contributed by atoms with van der Waals surface area (Å²) < 4.78 is 5.91. The molecule has 0 spiro atoms. The highest BCUT2D eigenvalue weighted by Gasteiger charge is 2.27. The van der Waals surface area contributed by atoms with E-state index in [0.29, 0.717) is 16.2 Å². The van der Waals surface area contributed by atoms with E-state index in [4.69, 9.17) is 4.42 Å². The van der Waals surface area contributed by atoms with Crippen molar-refractivity contribution in [3.8, 4) is 0 Å². The molecule has 1 N–H and O–H groups in total. The first kappa shape index (κ1) is 16.9. The second-order valence-electron chi connectivity index (χ2n) is 6.68. The molecule has 0 saturated carbocycles. The standard InChI is InChI=1S/C21H15N3O3S/c1-11-14-8-12(6-7-15(14)24-20(11)26)16(25)9-28-21-19-18(22-10-23-21)13-4-2-3-5-17(13)27-19/h2-8,10-11H,9H2,1H3,(H,24,26)/t11-/m0/s1. The molecule has 0 aliphatic carbocycles. The first-order valence-corrected chi connectivity index (χ1v) is 9.83. The number of carbonyl (C=O) groups is 2. The molecule has 6 nitrogen and oxygen atoms in total. The smallest absolute Gasteiger partial charge is 0.231 e. The van der Waals surface area contributed by atoms with Crippen molar-refractivity contribution < 1.29 is 14.0 Å². The van der Waals surface area contributed by atoms with Crippen LogP contribution in [0.4, 0.5) is 5.69 Å². The Hall–Kier alpha value is -3.19. The van der Waals surface area contributed by atoms with Crippen LogP contribution in [0.25, 0.3) is 22.1 Å². The third kappa shape index (κ3) is 2.66. The number of thioether (sulfide) groups is 1. The van der Waals surface area contributed by atoms with Crippen LogP contribution in [0, 0.1) is 0 Å². The summed E-state index contributed by atoms with van der Waals surface area (Å²) in [7, 11) is 0. The Labute approximate surface area is 164 Å². The van der Waals surface area contributed by atoms with Crippen molar-refractivity contribution in [2.45, 2.75) is 17.9 Å². The summed E-state index contributed by atoms with van der Waals surface area (Å²) in [6.45, 7) is 1.84. The van der Waals surface area contributed by atoms with Crippen LogP contribution in [0.1, 0.15) is 28.8 Å². The molecule has 1 amide bonds. The number of hydrogen-bond acceptors (Lipinski definition) is 6. The first-order chi connectivity index (χ1) is 13.6. The zero-order valence-electron chi connectivity index (χ0n) is 14.9. The van der Waals surface area contributed by atoms with Crippen molar-refractivity contribution in [1.29, 1.82) is 0 Å². The van der Waals surface area contributed by atoms with Crippen LogP contribution >= 0.6 is 11.8 Å². The highest BCUT2D eigenvalue weighted by molar-refractivity contribution is 8.00. The second-order valence-corrected chi connectivity index (χ2v) is 7.64. The molecule has 1 aliphatic rings. The lowest BCUT2D eigenvalue weighted by atomic mass is 9.99. The summed E-state index contributed by atoms with van der Waals surface area (Å²) in [5.74, 6) is -0.0885. The first-order valence-electron chi connectivity index (χ1n) is 8.85. The number of carbonyl (C=O) groups excluding carboxylic acids is 2. The Balaban J connectivity index is 1.41. The van der Waals surface area contributed by atoms with Crippen LogP contribution in [-0.2, 0) is 4.79 Å². The largest absolute Gasteiger partial charge is 0.451 e. The molecule has 0 unspecified atom stereocenters. The fourth-order valence-electron chi connectivity index (χ4n) is 3.41. The summed E-state index contributed by atoms with van der Waals surface area (Å²) in [4.78, 5) is 33.1. The van der Waals surface area contributed by atoms with Gasteiger partial charge in [0.1, 0.15) is 22.5 Å². The van der Waals surface area contributed by atoms with Gasteiger partial charge in [-0.25, -0.2) is 9.97 Å². The number of rotatable bonds is 4. The van der Waals surface area contributed by atoms with Gasteiger partial charge < -0.3 is 9.73 Å². The molecular weight excluding hydrogens is 374 g/mol. The normalized spacial score (nSPS) is 15.8.